The van der Waals surface area contributed by atoms with E-state index in [9.17, 15) is 5.11 Å². The largest absolute Gasteiger partial charge is 0.388 e. The van der Waals surface area contributed by atoms with Gasteiger partial charge in [0.25, 0.3) is 0 Å². The van der Waals surface area contributed by atoms with Crippen LogP contribution in [-0.2, 0) is 0 Å². The molecule has 0 radical (unpaired) electrons. The summed E-state index contributed by atoms with van der Waals surface area (Å²) in [4.78, 5) is 7.81. The van der Waals surface area contributed by atoms with Crippen molar-refractivity contribution in [1.82, 2.24) is 4.98 Å². The third-order valence-electron chi connectivity index (χ3n) is 2.58. The van der Waals surface area contributed by atoms with E-state index < -0.39 is 0 Å². The predicted molar refractivity (Wildman–Crippen MR) is 58.9 cm³/mol. The maximum Gasteiger partial charge on any atom is 0.185 e. The van der Waals surface area contributed by atoms with Crippen molar-refractivity contribution in [2.24, 2.45) is 0 Å². The van der Waals surface area contributed by atoms with Crippen molar-refractivity contribution in [3.05, 3.63) is 10.6 Å². The molecule has 0 aliphatic carbocycles. The molecule has 0 bridgehead atoms. The molecule has 0 aromatic carbocycles. The molecule has 0 spiro atoms. The average molecular weight is 212 g/mol. The van der Waals surface area contributed by atoms with Gasteiger partial charge in [0, 0.05) is 13.1 Å². The molecule has 1 saturated heterocycles. The van der Waals surface area contributed by atoms with Crippen LogP contribution in [0, 0.1) is 6.92 Å². The Hall–Kier alpha value is -0.610. The molecule has 0 amide bonds. The zero-order valence-corrected chi connectivity index (χ0v) is 9.47. The SMILES string of the molecule is Cc1nc(N2CCCC2)sc1C(C)O. The number of hydrogen-bond acceptors (Lipinski definition) is 4. The van der Waals surface area contributed by atoms with Crippen molar-refractivity contribution in [2.75, 3.05) is 18.0 Å². The Kier molecular flexibility index (Phi) is 2.74. The second-order valence-electron chi connectivity index (χ2n) is 3.82. The van der Waals surface area contributed by atoms with E-state index in [4.69, 9.17) is 0 Å². The molecule has 1 aliphatic heterocycles. The van der Waals surface area contributed by atoms with Gasteiger partial charge in [0.05, 0.1) is 16.7 Å². The van der Waals surface area contributed by atoms with Gasteiger partial charge in [0.15, 0.2) is 5.13 Å². The van der Waals surface area contributed by atoms with E-state index in [0.717, 1.165) is 28.8 Å². The van der Waals surface area contributed by atoms with Gasteiger partial charge in [-0.25, -0.2) is 4.98 Å². The Labute approximate surface area is 88.4 Å². The van der Waals surface area contributed by atoms with Gasteiger partial charge in [0.2, 0.25) is 0 Å². The molecule has 1 N–H and O–H groups in total. The highest BCUT2D eigenvalue weighted by Crippen LogP contribution is 2.32. The van der Waals surface area contributed by atoms with E-state index in [1.54, 1.807) is 18.3 Å². The van der Waals surface area contributed by atoms with Gasteiger partial charge in [-0.1, -0.05) is 11.3 Å². The first-order valence-electron chi connectivity index (χ1n) is 5.09. The molecular formula is C10H16N2OS. The molecule has 14 heavy (non-hydrogen) atoms. The smallest absolute Gasteiger partial charge is 0.185 e. The molecule has 4 heteroatoms. The minimum absolute atomic E-state index is 0.385. The topological polar surface area (TPSA) is 36.4 Å². The Morgan fingerprint density at radius 3 is 2.57 bits per heavy atom. The minimum atomic E-state index is -0.385. The van der Waals surface area contributed by atoms with Gasteiger partial charge in [-0.15, -0.1) is 0 Å². The fraction of sp³-hybridized carbons (Fsp3) is 0.700. The molecule has 78 valence electrons. The van der Waals surface area contributed by atoms with Gasteiger partial charge in [-0.05, 0) is 26.7 Å². The second kappa shape index (κ2) is 3.87. The number of rotatable bonds is 2. The van der Waals surface area contributed by atoms with E-state index in [1.165, 1.54) is 12.8 Å². The minimum Gasteiger partial charge on any atom is -0.388 e. The summed E-state index contributed by atoms with van der Waals surface area (Å²) in [5.41, 5.74) is 0.979. The quantitative estimate of drug-likeness (QED) is 0.815. The molecule has 1 unspecified atom stereocenters. The number of thiazole rings is 1. The summed E-state index contributed by atoms with van der Waals surface area (Å²) in [5.74, 6) is 0. The van der Waals surface area contributed by atoms with E-state index >= 15 is 0 Å². The third kappa shape index (κ3) is 1.77. The molecular weight excluding hydrogens is 196 g/mol. The van der Waals surface area contributed by atoms with Crippen molar-refractivity contribution in [1.29, 1.82) is 0 Å². The number of aliphatic hydroxyl groups is 1. The number of aryl methyl sites for hydroxylation is 1. The standard InChI is InChI=1S/C10H16N2OS/c1-7-9(8(2)13)14-10(11-7)12-5-3-4-6-12/h8,13H,3-6H2,1-2H3. The van der Waals surface area contributed by atoms with Crippen LogP contribution in [0.15, 0.2) is 0 Å². The van der Waals surface area contributed by atoms with E-state index in [2.05, 4.69) is 9.88 Å². The summed E-state index contributed by atoms with van der Waals surface area (Å²) < 4.78 is 0. The van der Waals surface area contributed by atoms with Gasteiger partial charge in [0.1, 0.15) is 0 Å². The summed E-state index contributed by atoms with van der Waals surface area (Å²) in [6.07, 6.45) is 2.15. The van der Waals surface area contributed by atoms with Crippen molar-refractivity contribution in [2.45, 2.75) is 32.8 Å². The van der Waals surface area contributed by atoms with Crippen LogP contribution in [0.5, 0.6) is 0 Å². The number of nitrogens with zero attached hydrogens (tertiary/aromatic N) is 2. The summed E-state index contributed by atoms with van der Waals surface area (Å²) in [7, 11) is 0. The molecule has 1 aromatic rings. The van der Waals surface area contributed by atoms with E-state index in [0.29, 0.717) is 0 Å². The van der Waals surface area contributed by atoms with Crippen LogP contribution in [0.4, 0.5) is 5.13 Å². The molecule has 2 rings (SSSR count). The van der Waals surface area contributed by atoms with Crippen LogP contribution in [0.2, 0.25) is 0 Å². The third-order valence-corrected chi connectivity index (χ3v) is 3.97. The average Bonchev–Trinajstić information content (AvgIpc) is 2.70. The van der Waals surface area contributed by atoms with Crippen molar-refractivity contribution >= 4 is 16.5 Å². The van der Waals surface area contributed by atoms with Crippen LogP contribution in [0.25, 0.3) is 0 Å². The monoisotopic (exact) mass is 212 g/mol. The Bertz CT molecular complexity index is 316. The van der Waals surface area contributed by atoms with Crippen LogP contribution in [0.3, 0.4) is 0 Å². The number of anilines is 1. The van der Waals surface area contributed by atoms with Crippen LogP contribution >= 0.6 is 11.3 Å². The van der Waals surface area contributed by atoms with Crippen molar-refractivity contribution in [3.63, 3.8) is 0 Å². The lowest BCUT2D eigenvalue weighted by Crippen LogP contribution is -2.17. The fourth-order valence-electron chi connectivity index (χ4n) is 1.82. The number of aliphatic hydroxyl groups excluding tert-OH is 1. The summed E-state index contributed by atoms with van der Waals surface area (Å²) >= 11 is 1.63. The van der Waals surface area contributed by atoms with Gasteiger partial charge in [-0.3, -0.25) is 0 Å². The lowest BCUT2D eigenvalue weighted by atomic mass is 10.3. The van der Waals surface area contributed by atoms with Gasteiger partial charge < -0.3 is 10.0 Å². The Morgan fingerprint density at radius 2 is 2.07 bits per heavy atom. The summed E-state index contributed by atoms with van der Waals surface area (Å²) in [5, 5.41) is 10.6. The summed E-state index contributed by atoms with van der Waals surface area (Å²) in [6.45, 7) is 6.00. The van der Waals surface area contributed by atoms with Crippen LogP contribution in [0.1, 0.15) is 36.4 Å². The van der Waals surface area contributed by atoms with Gasteiger partial charge in [-0.2, -0.15) is 0 Å². The van der Waals surface area contributed by atoms with Crippen molar-refractivity contribution < 1.29 is 5.11 Å². The second-order valence-corrected chi connectivity index (χ2v) is 4.83. The van der Waals surface area contributed by atoms with E-state index in [1.807, 2.05) is 6.92 Å². The van der Waals surface area contributed by atoms with E-state index in [-0.39, 0.29) is 6.10 Å². The highest BCUT2D eigenvalue weighted by atomic mass is 32.1. The normalized spacial score (nSPS) is 18.9. The van der Waals surface area contributed by atoms with Crippen LogP contribution < -0.4 is 4.90 Å². The molecule has 1 aliphatic rings. The highest BCUT2D eigenvalue weighted by Gasteiger charge is 2.19. The maximum atomic E-state index is 9.51. The Balaban J connectivity index is 2.22. The number of hydrogen-bond donors (Lipinski definition) is 1. The Morgan fingerprint density at radius 1 is 1.43 bits per heavy atom. The van der Waals surface area contributed by atoms with Crippen molar-refractivity contribution in [3.8, 4) is 0 Å². The molecule has 0 saturated carbocycles. The fourth-order valence-corrected chi connectivity index (χ4v) is 2.88. The summed E-state index contributed by atoms with van der Waals surface area (Å²) in [6, 6.07) is 0. The first-order valence-corrected chi connectivity index (χ1v) is 5.90. The van der Waals surface area contributed by atoms with Crippen LogP contribution in [-0.4, -0.2) is 23.2 Å². The molecule has 1 fully saturated rings. The molecule has 3 nitrogen and oxygen atoms in total. The first kappa shape index (κ1) is 9.93. The lowest BCUT2D eigenvalue weighted by molar-refractivity contribution is 0.202. The first-order chi connectivity index (χ1) is 6.68. The molecule has 2 heterocycles. The zero-order chi connectivity index (χ0) is 10.1. The highest BCUT2D eigenvalue weighted by molar-refractivity contribution is 7.15. The zero-order valence-electron chi connectivity index (χ0n) is 8.66. The maximum absolute atomic E-state index is 9.51. The van der Waals surface area contributed by atoms with Gasteiger partial charge >= 0.3 is 0 Å². The molecule has 1 aromatic heterocycles. The lowest BCUT2D eigenvalue weighted by Gasteiger charge is -2.12. The predicted octanol–water partition coefficient (Wildman–Crippen LogP) is 2.11. The number of aromatic nitrogens is 1. The molecule has 1 atom stereocenters.